The van der Waals surface area contributed by atoms with Crippen molar-refractivity contribution in [1.29, 1.82) is 0 Å². The highest BCUT2D eigenvalue weighted by Gasteiger charge is 2.45. The van der Waals surface area contributed by atoms with E-state index >= 15 is 0 Å². The first-order valence-electron chi connectivity index (χ1n) is 12.7. The Labute approximate surface area is 212 Å². The monoisotopic (exact) mass is 500 g/mol. The number of rotatable bonds is 3. The number of carbonyl (C=O) groups excluding carboxylic acids is 1. The molecular formula is C29H26F2N4O2. The number of fused-ring (bicyclic) bond motifs is 10. The van der Waals surface area contributed by atoms with Crippen LogP contribution in [0.25, 0.3) is 22.2 Å². The third-order valence-electron chi connectivity index (χ3n) is 8.57. The molecule has 1 amide bonds. The molecule has 6 nitrogen and oxygen atoms in total. The second kappa shape index (κ2) is 7.84. The van der Waals surface area contributed by atoms with Gasteiger partial charge in [-0.3, -0.25) is 9.78 Å². The van der Waals surface area contributed by atoms with E-state index in [0.29, 0.717) is 29.4 Å². The zero-order chi connectivity index (χ0) is 25.6. The molecular weight excluding hydrogens is 474 g/mol. The van der Waals surface area contributed by atoms with E-state index in [1.807, 2.05) is 18.3 Å². The smallest absolute Gasteiger partial charge is 0.387 e. The maximum absolute atomic E-state index is 13.3. The highest BCUT2D eigenvalue weighted by atomic mass is 19.3. The summed E-state index contributed by atoms with van der Waals surface area (Å²) in [5.74, 6) is 1.62. The summed E-state index contributed by atoms with van der Waals surface area (Å²) in [5.41, 5.74) is 7.15. The van der Waals surface area contributed by atoms with Crippen LogP contribution in [0.15, 0.2) is 48.7 Å². The van der Waals surface area contributed by atoms with Gasteiger partial charge in [-0.15, -0.1) is 0 Å². The molecule has 2 aromatic heterocycles. The molecule has 2 bridgehead atoms. The Morgan fingerprint density at radius 2 is 1.92 bits per heavy atom. The van der Waals surface area contributed by atoms with Gasteiger partial charge in [-0.25, -0.2) is 4.98 Å². The Hall–Kier alpha value is -3.81. The third-order valence-corrected chi connectivity index (χ3v) is 8.57. The predicted octanol–water partition coefficient (Wildman–Crippen LogP) is 6.12. The lowest BCUT2D eigenvalue weighted by molar-refractivity contribution is -0.0507. The Morgan fingerprint density at radius 1 is 1.08 bits per heavy atom. The molecule has 188 valence electrons. The van der Waals surface area contributed by atoms with E-state index < -0.39 is 6.61 Å². The normalized spacial score (nSPS) is 23.8. The number of pyridine rings is 1. The molecule has 4 heterocycles. The van der Waals surface area contributed by atoms with Gasteiger partial charge in [0.25, 0.3) is 5.91 Å². The van der Waals surface area contributed by atoms with Crippen LogP contribution in [-0.4, -0.2) is 39.0 Å². The fourth-order valence-corrected chi connectivity index (χ4v) is 6.50. The number of benzene rings is 2. The quantitative estimate of drug-likeness (QED) is 0.340. The van der Waals surface area contributed by atoms with Crippen LogP contribution in [0.2, 0.25) is 0 Å². The van der Waals surface area contributed by atoms with E-state index in [0.717, 1.165) is 34.4 Å². The van der Waals surface area contributed by atoms with Crippen LogP contribution in [0.3, 0.4) is 0 Å². The maximum Gasteiger partial charge on any atom is 0.387 e. The second-order valence-corrected chi connectivity index (χ2v) is 10.6. The van der Waals surface area contributed by atoms with E-state index in [4.69, 9.17) is 14.7 Å². The third kappa shape index (κ3) is 3.17. The Bertz CT molecular complexity index is 1600. The van der Waals surface area contributed by atoms with Crippen LogP contribution in [0, 0.1) is 5.92 Å². The van der Waals surface area contributed by atoms with Crippen molar-refractivity contribution < 1.29 is 18.3 Å². The highest BCUT2D eigenvalue weighted by Crippen LogP contribution is 2.50. The molecule has 0 saturated heterocycles. The van der Waals surface area contributed by atoms with Gasteiger partial charge in [0, 0.05) is 48.0 Å². The molecule has 3 unspecified atom stereocenters. The molecule has 0 N–H and O–H groups in total. The molecule has 0 fully saturated rings. The van der Waals surface area contributed by atoms with Gasteiger partial charge in [-0.1, -0.05) is 26.0 Å². The van der Waals surface area contributed by atoms with Gasteiger partial charge < -0.3 is 14.2 Å². The molecule has 0 saturated carbocycles. The fourth-order valence-electron chi connectivity index (χ4n) is 6.50. The van der Waals surface area contributed by atoms with Crippen molar-refractivity contribution in [3.05, 3.63) is 76.9 Å². The molecule has 2 aliphatic heterocycles. The number of hydrogen-bond acceptors (Lipinski definition) is 4. The van der Waals surface area contributed by atoms with Gasteiger partial charge in [0.05, 0.1) is 23.1 Å². The summed E-state index contributed by atoms with van der Waals surface area (Å²) in [6, 6.07) is 12.6. The van der Waals surface area contributed by atoms with E-state index in [-0.39, 0.29) is 23.7 Å². The number of aromatic nitrogens is 3. The summed E-state index contributed by atoms with van der Waals surface area (Å²) in [5, 5.41) is 0. The van der Waals surface area contributed by atoms with E-state index in [1.165, 1.54) is 17.3 Å². The van der Waals surface area contributed by atoms with Gasteiger partial charge in [0.15, 0.2) is 0 Å². The first-order chi connectivity index (χ1) is 17.8. The molecule has 4 atom stereocenters. The van der Waals surface area contributed by atoms with Crippen molar-refractivity contribution in [2.24, 2.45) is 5.92 Å². The van der Waals surface area contributed by atoms with Crippen LogP contribution in [0.4, 0.5) is 8.78 Å². The number of carbonyl (C=O) groups is 1. The van der Waals surface area contributed by atoms with E-state index in [1.54, 1.807) is 24.1 Å². The van der Waals surface area contributed by atoms with Gasteiger partial charge in [0.1, 0.15) is 11.6 Å². The van der Waals surface area contributed by atoms with Crippen molar-refractivity contribution in [2.75, 3.05) is 7.05 Å². The van der Waals surface area contributed by atoms with E-state index in [9.17, 15) is 13.6 Å². The molecule has 2 aromatic carbocycles. The Morgan fingerprint density at radius 3 is 2.73 bits per heavy atom. The fraction of sp³-hybridized carbons (Fsp3) is 0.345. The summed E-state index contributed by atoms with van der Waals surface area (Å²) < 4.78 is 33.7. The summed E-state index contributed by atoms with van der Waals surface area (Å²) in [6.45, 7) is 1.51. The standard InChI is InChI=1S/C29H26F2N4O2/c1-14-9-17-10-18(13-32-26(17)15(14)2)16-7-8-20-21(11-16)35-22-12-23(27(35)33-20)34(3)28(36)19-5-4-6-24(25(19)22)37-29(30)31/h4-8,10-11,13-15,22-23,29H,9,12H2,1-3H3/t14-,15?,22?,23?/m1/s1. The Balaban J connectivity index is 1.40. The maximum atomic E-state index is 13.3. The summed E-state index contributed by atoms with van der Waals surface area (Å²) in [4.78, 5) is 24.7. The van der Waals surface area contributed by atoms with Crippen molar-refractivity contribution in [3.8, 4) is 16.9 Å². The minimum Gasteiger partial charge on any atom is -0.434 e. The molecule has 1 aliphatic carbocycles. The zero-order valence-electron chi connectivity index (χ0n) is 20.8. The molecule has 4 aromatic rings. The van der Waals surface area contributed by atoms with Crippen molar-refractivity contribution in [3.63, 3.8) is 0 Å². The first-order valence-corrected chi connectivity index (χ1v) is 12.7. The number of hydrogen-bond donors (Lipinski definition) is 0. The second-order valence-electron chi connectivity index (χ2n) is 10.6. The lowest BCUT2D eigenvalue weighted by Gasteiger charge is -2.24. The lowest BCUT2D eigenvalue weighted by Crippen LogP contribution is -2.30. The largest absolute Gasteiger partial charge is 0.434 e. The molecule has 7 rings (SSSR count). The van der Waals surface area contributed by atoms with E-state index in [2.05, 4.69) is 30.5 Å². The molecule has 8 heteroatoms. The average Bonchev–Trinajstić information content (AvgIpc) is 3.50. The van der Waals surface area contributed by atoms with Gasteiger partial charge in [-0.2, -0.15) is 8.78 Å². The van der Waals surface area contributed by atoms with Crippen molar-refractivity contribution >= 4 is 16.9 Å². The summed E-state index contributed by atoms with van der Waals surface area (Å²) in [7, 11) is 1.75. The predicted molar refractivity (Wildman–Crippen MR) is 135 cm³/mol. The highest BCUT2D eigenvalue weighted by molar-refractivity contribution is 5.98. The number of amides is 1. The van der Waals surface area contributed by atoms with Crippen LogP contribution < -0.4 is 4.74 Å². The number of alkyl halides is 2. The van der Waals surface area contributed by atoms with Crippen LogP contribution in [0.1, 0.15) is 71.3 Å². The van der Waals surface area contributed by atoms with Crippen molar-refractivity contribution in [1.82, 2.24) is 19.4 Å². The van der Waals surface area contributed by atoms with Crippen LogP contribution >= 0.6 is 0 Å². The van der Waals surface area contributed by atoms with Gasteiger partial charge >= 0.3 is 6.61 Å². The minimum absolute atomic E-state index is 0.0387. The number of nitrogens with zero attached hydrogens (tertiary/aromatic N) is 4. The average molecular weight is 501 g/mol. The van der Waals surface area contributed by atoms with Crippen LogP contribution in [0.5, 0.6) is 5.75 Å². The van der Waals surface area contributed by atoms with Gasteiger partial charge in [-0.05, 0) is 53.8 Å². The number of ether oxygens (including phenoxy) is 1. The molecule has 37 heavy (non-hydrogen) atoms. The summed E-state index contributed by atoms with van der Waals surface area (Å²) in [6.07, 6.45) is 3.52. The minimum atomic E-state index is -2.98. The Kier molecular flexibility index (Phi) is 4.75. The first kappa shape index (κ1) is 22.4. The SMILES string of the molecule is CC1c2ncc(-c3ccc4nc5n(c4c3)C3CC5N(C)C(=O)c4cccc(OC(F)F)c43)cc2C[C@H]1C. The molecule has 3 aliphatic rings. The van der Waals surface area contributed by atoms with Gasteiger partial charge in [0.2, 0.25) is 0 Å². The topological polar surface area (TPSA) is 60.2 Å². The molecule has 0 radical (unpaired) electrons. The number of imidazole rings is 1. The summed E-state index contributed by atoms with van der Waals surface area (Å²) >= 11 is 0. The zero-order valence-corrected chi connectivity index (χ0v) is 20.8. The van der Waals surface area contributed by atoms with Crippen LogP contribution in [-0.2, 0) is 6.42 Å². The molecule has 0 spiro atoms. The van der Waals surface area contributed by atoms with Crippen molar-refractivity contribution in [2.45, 2.75) is 51.3 Å². The number of halogens is 2. The lowest BCUT2D eigenvalue weighted by atomic mass is 9.97.